The Labute approximate surface area is 254 Å². The van der Waals surface area contributed by atoms with Gasteiger partial charge in [0.15, 0.2) is 0 Å². The van der Waals surface area contributed by atoms with Crippen molar-refractivity contribution in [3.05, 3.63) is 129 Å². The number of rotatable bonds is 8. The van der Waals surface area contributed by atoms with Gasteiger partial charge in [0.1, 0.15) is 21.3 Å². The van der Waals surface area contributed by atoms with Gasteiger partial charge in [0.25, 0.3) is 0 Å². The topological polar surface area (TPSA) is 115 Å². The largest absolute Gasteiger partial charge is 0.508 e. The fourth-order valence-corrected chi connectivity index (χ4v) is 6.50. The maximum atomic E-state index is 12.4. The highest BCUT2D eigenvalue weighted by molar-refractivity contribution is 7.17. The second-order valence-electron chi connectivity index (χ2n) is 11.6. The average molecular weight is 593 g/mol. The van der Waals surface area contributed by atoms with Gasteiger partial charge in [-0.1, -0.05) is 100 Å². The standard InChI is InChI=1S/C36H32O6S/c1-35(2,25-13-17-27(37)18-14-25)23-9-5-21(6-10-23)29-30(32(34(41)42)43-31(29)33(39)40)22-7-11-24(12-8-22)36(3,4)26-15-19-28(38)20-16-26/h5-20,37-38H,1-4H3,(H,39,40)(H,41,42). The molecule has 6 nitrogen and oxygen atoms in total. The Morgan fingerprint density at radius 1 is 0.488 bits per heavy atom. The van der Waals surface area contributed by atoms with Crippen LogP contribution in [0.3, 0.4) is 0 Å². The summed E-state index contributed by atoms with van der Waals surface area (Å²) in [6.45, 7) is 8.27. The number of hydrogen-bond donors (Lipinski definition) is 4. The first-order chi connectivity index (χ1) is 20.3. The number of aromatic hydroxyl groups is 2. The lowest BCUT2D eigenvalue weighted by molar-refractivity contribution is 0.0694. The van der Waals surface area contributed by atoms with Crippen molar-refractivity contribution in [3.63, 3.8) is 0 Å². The molecule has 218 valence electrons. The Bertz CT molecular complexity index is 1660. The summed E-state index contributed by atoms with van der Waals surface area (Å²) in [6.07, 6.45) is 0. The monoisotopic (exact) mass is 592 g/mol. The van der Waals surface area contributed by atoms with Gasteiger partial charge in [0.2, 0.25) is 0 Å². The maximum absolute atomic E-state index is 12.4. The van der Waals surface area contributed by atoms with Gasteiger partial charge in [-0.05, 0) is 57.6 Å². The summed E-state index contributed by atoms with van der Waals surface area (Å²) >= 11 is 0.761. The Kier molecular flexibility index (Phi) is 7.63. The highest BCUT2D eigenvalue weighted by Gasteiger charge is 2.30. The molecule has 0 unspecified atom stereocenters. The molecule has 7 heteroatoms. The predicted octanol–water partition coefficient (Wildman–Crippen LogP) is 8.54. The molecule has 43 heavy (non-hydrogen) atoms. The second-order valence-corrected chi connectivity index (χ2v) is 12.6. The Morgan fingerprint density at radius 2 is 0.744 bits per heavy atom. The van der Waals surface area contributed by atoms with Crippen molar-refractivity contribution < 1.29 is 30.0 Å². The third-order valence-corrected chi connectivity index (χ3v) is 9.43. The number of thiophene rings is 1. The predicted molar refractivity (Wildman–Crippen MR) is 170 cm³/mol. The zero-order valence-electron chi connectivity index (χ0n) is 24.3. The van der Waals surface area contributed by atoms with E-state index in [0.29, 0.717) is 22.3 Å². The molecule has 4 aromatic carbocycles. The second kappa shape index (κ2) is 11.1. The first kappa shape index (κ1) is 29.6. The summed E-state index contributed by atoms with van der Waals surface area (Å²) in [6, 6.07) is 29.1. The van der Waals surface area contributed by atoms with E-state index >= 15 is 0 Å². The minimum absolute atomic E-state index is 0.0357. The van der Waals surface area contributed by atoms with Crippen molar-refractivity contribution in [1.82, 2.24) is 0 Å². The number of hydrogen-bond acceptors (Lipinski definition) is 5. The number of carboxylic acid groups (broad SMARTS) is 2. The van der Waals surface area contributed by atoms with Crippen LogP contribution in [0.5, 0.6) is 11.5 Å². The normalized spacial score (nSPS) is 11.8. The van der Waals surface area contributed by atoms with E-state index in [1.165, 1.54) is 0 Å². The smallest absolute Gasteiger partial charge is 0.346 e. The summed E-state index contributed by atoms with van der Waals surface area (Å²) in [7, 11) is 0. The third kappa shape index (κ3) is 5.51. The Morgan fingerprint density at radius 3 is 1.00 bits per heavy atom. The van der Waals surface area contributed by atoms with Gasteiger partial charge >= 0.3 is 11.9 Å². The lowest BCUT2D eigenvalue weighted by Crippen LogP contribution is -2.18. The average Bonchev–Trinajstić information content (AvgIpc) is 3.39. The molecule has 0 spiro atoms. The number of carboxylic acids is 2. The minimum atomic E-state index is -1.19. The molecule has 1 aromatic heterocycles. The van der Waals surface area contributed by atoms with Crippen LogP contribution >= 0.6 is 11.3 Å². The summed E-state index contributed by atoms with van der Waals surface area (Å²) in [5.41, 5.74) is 5.13. The SMILES string of the molecule is CC(C)(c1ccc(O)cc1)c1ccc(-c2c(C(=O)O)sc(C(=O)O)c2-c2ccc(C(C)(C)c3ccc(O)cc3)cc2)cc1. The minimum Gasteiger partial charge on any atom is -0.508 e. The molecule has 0 aliphatic heterocycles. The first-order valence-electron chi connectivity index (χ1n) is 13.7. The van der Waals surface area contributed by atoms with Crippen molar-refractivity contribution in [1.29, 1.82) is 0 Å². The van der Waals surface area contributed by atoms with E-state index in [0.717, 1.165) is 33.6 Å². The number of carbonyl (C=O) groups is 2. The summed E-state index contributed by atoms with van der Waals surface area (Å²) in [4.78, 5) is 24.7. The molecule has 0 amide bonds. The fourth-order valence-electron chi connectivity index (χ4n) is 5.48. The first-order valence-corrected chi connectivity index (χ1v) is 14.6. The van der Waals surface area contributed by atoms with E-state index < -0.39 is 22.8 Å². The van der Waals surface area contributed by atoms with Crippen LogP contribution in [0.1, 0.15) is 69.3 Å². The number of phenolic OH excluding ortho intramolecular Hbond substituents is 2. The molecular formula is C36H32O6S. The van der Waals surface area contributed by atoms with Crippen LogP contribution < -0.4 is 0 Å². The van der Waals surface area contributed by atoms with Gasteiger partial charge in [-0.2, -0.15) is 0 Å². The van der Waals surface area contributed by atoms with Gasteiger partial charge < -0.3 is 20.4 Å². The summed E-state index contributed by atoms with van der Waals surface area (Å²) < 4.78 is 0. The van der Waals surface area contributed by atoms with E-state index in [4.69, 9.17) is 0 Å². The van der Waals surface area contributed by atoms with Gasteiger partial charge in [-0.15, -0.1) is 11.3 Å². The van der Waals surface area contributed by atoms with E-state index in [2.05, 4.69) is 27.7 Å². The molecule has 0 radical (unpaired) electrons. The molecule has 0 fully saturated rings. The van der Waals surface area contributed by atoms with E-state index in [1.807, 2.05) is 72.8 Å². The maximum Gasteiger partial charge on any atom is 0.346 e. The lowest BCUT2D eigenvalue weighted by Gasteiger charge is -2.27. The van der Waals surface area contributed by atoms with E-state index in [1.54, 1.807) is 24.3 Å². The molecule has 5 aromatic rings. The Hall–Kier alpha value is -4.88. The zero-order valence-corrected chi connectivity index (χ0v) is 25.1. The molecule has 4 N–H and O–H groups in total. The Balaban J connectivity index is 1.60. The molecule has 1 heterocycles. The van der Waals surface area contributed by atoms with Crippen LogP contribution in [-0.2, 0) is 10.8 Å². The molecular weight excluding hydrogens is 560 g/mol. The molecule has 0 bridgehead atoms. The summed E-state index contributed by atoms with van der Waals surface area (Å²) in [5, 5.41) is 39.7. The molecule has 0 aliphatic carbocycles. The van der Waals surface area contributed by atoms with Crippen LogP contribution in [0.2, 0.25) is 0 Å². The van der Waals surface area contributed by atoms with E-state index in [-0.39, 0.29) is 21.3 Å². The van der Waals surface area contributed by atoms with Crippen LogP contribution in [0, 0.1) is 0 Å². The fraction of sp³-hybridized carbons (Fsp3) is 0.167. The molecule has 0 saturated heterocycles. The van der Waals surface area contributed by atoms with Crippen molar-refractivity contribution in [3.8, 4) is 33.8 Å². The number of benzene rings is 4. The van der Waals surface area contributed by atoms with Crippen molar-refractivity contribution in [2.75, 3.05) is 0 Å². The van der Waals surface area contributed by atoms with Crippen LogP contribution in [0.4, 0.5) is 0 Å². The van der Waals surface area contributed by atoms with Crippen LogP contribution in [0.25, 0.3) is 22.3 Å². The zero-order chi connectivity index (χ0) is 31.1. The number of phenols is 2. The van der Waals surface area contributed by atoms with Gasteiger partial charge in [-0.3, -0.25) is 0 Å². The lowest BCUT2D eigenvalue weighted by atomic mass is 9.77. The van der Waals surface area contributed by atoms with E-state index in [9.17, 15) is 30.0 Å². The van der Waals surface area contributed by atoms with Crippen LogP contribution in [0.15, 0.2) is 97.1 Å². The van der Waals surface area contributed by atoms with Gasteiger partial charge in [-0.25, -0.2) is 9.59 Å². The van der Waals surface area contributed by atoms with Gasteiger partial charge in [0.05, 0.1) is 0 Å². The third-order valence-electron chi connectivity index (χ3n) is 8.27. The molecule has 0 atom stereocenters. The quantitative estimate of drug-likeness (QED) is 0.144. The van der Waals surface area contributed by atoms with Gasteiger partial charge in [0, 0.05) is 22.0 Å². The van der Waals surface area contributed by atoms with Crippen molar-refractivity contribution in [2.24, 2.45) is 0 Å². The molecule has 0 aliphatic rings. The van der Waals surface area contributed by atoms with Crippen LogP contribution in [-0.4, -0.2) is 32.4 Å². The van der Waals surface area contributed by atoms with Crippen molar-refractivity contribution in [2.45, 2.75) is 38.5 Å². The highest BCUT2D eigenvalue weighted by Crippen LogP contribution is 2.45. The summed E-state index contributed by atoms with van der Waals surface area (Å²) in [5.74, 6) is -2.00. The number of aromatic carboxylic acids is 2. The molecule has 5 rings (SSSR count). The van der Waals surface area contributed by atoms with Crippen molar-refractivity contribution >= 4 is 23.3 Å². The highest BCUT2D eigenvalue weighted by atomic mass is 32.1. The molecule has 0 saturated carbocycles.